The fraction of sp³-hybridized carbons (Fsp3) is 0.440. The van der Waals surface area contributed by atoms with Crippen LogP contribution < -0.4 is 9.64 Å². The van der Waals surface area contributed by atoms with Crippen molar-refractivity contribution in [3.63, 3.8) is 0 Å². The van der Waals surface area contributed by atoms with Gasteiger partial charge >= 0.3 is 0 Å². The van der Waals surface area contributed by atoms with E-state index in [9.17, 15) is 0 Å². The maximum Gasteiger partial charge on any atom is 0.197 e. The van der Waals surface area contributed by atoms with Gasteiger partial charge in [-0.1, -0.05) is 13.8 Å². The number of anilines is 1. The molecule has 5 heterocycles. The molecule has 1 aliphatic rings. The molecular formula is C25H32N8O. The molecule has 1 N–H and O–H groups in total. The Labute approximate surface area is 199 Å². The summed E-state index contributed by atoms with van der Waals surface area (Å²) in [6, 6.07) is 6.81. The van der Waals surface area contributed by atoms with E-state index in [0.29, 0.717) is 17.4 Å². The average molecular weight is 461 g/mol. The number of H-pyrrole nitrogens is 1. The molecule has 0 atom stereocenters. The van der Waals surface area contributed by atoms with Crippen LogP contribution in [0.4, 0.5) is 5.69 Å². The standard InChI is InChI=1S/C25H32N8O/c1-16(2)22-23(18-12-21(34-5)25-27-15-28-33(25)14-18)29-30-24(22)20-7-6-19(13-26-20)32-10-8-31(9-11-32)17(3)4/h6-7,12-17H,8-11H2,1-5H3,(H,29,30). The summed E-state index contributed by atoms with van der Waals surface area (Å²) < 4.78 is 7.28. The smallest absolute Gasteiger partial charge is 0.197 e. The Kier molecular flexibility index (Phi) is 5.95. The molecule has 178 valence electrons. The van der Waals surface area contributed by atoms with Crippen molar-refractivity contribution < 1.29 is 4.74 Å². The normalized spacial score (nSPS) is 15.1. The predicted molar refractivity (Wildman–Crippen MR) is 133 cm³/mol. The van der Waals surface area contributed by atoms with Gasteiger partial charge in [-0.2, -0.15) is 10.2 Å². The van der Waals surface area contributed by atoms with E-state index in [1.54, 1.807) is 11.6 Å². The summed E-state index contributed by atoms with van der Waals surface area (Å²) in [5.41, 5.74) is 6.59. The highest BCUT2D eigenvalue weighted by atomic mass is 16.5. The summed E-state index contributed by atoms with van der Waals surface area (Å²) >= 11 is 0. The lowest BCUT2D eigenvalue weighted by atomic mass is 9.96. The molecule has 0 amide bonds. The number of aromatic amines is 1. The van der Waals surface area contributed by atoms with Gasteiger partial charge in [0.1, 0.15) is 12.0 Å². The number of rotatable bonds is 6. The van der Waals surface area contributed by atoms with Gasteiger partial charge < -0.3 is 9.64 Å². The molecule has 0 saturated carbocycles. The molecule has 1 fully saturated rings. The number of ether oxygens (including phenoxy) is 1. The van der Waals surface area contributed by atoms with Crippen molar-refractivity contribution in [2.24, 2.45) is 0 Å². The minimum atomic E-state index is 0.242. The molecule has 4 aromatic rings. The zero-order valence-corrected chi connectivity index (χ0v) is 20.5. The highest BCUT2D eigenvalue weighted by Gasteiger charge is 2.23. The fourth-order valence-corrected chi connectivity index (χ4v) is 4.72. The quantitative estimate of drug-likeness (QED) is 0.468. The molecule has 0 aromatic carbocycles. The molecule has 0 aliphatic carbocycles. The molecule has 1 aliphatic heterocycles. The molecule has 5 rings (SSSR count). The van der Waals surface area contributed by atoms with Crippen molar-refractivity contribution in [3.05, 3.63) is 42.5 Å². The van der Waals surface area contributed by atoms with Gasteiger partial charge in [0.25, 0.3) is 0 Å². The lowest BCUT2D eigenvalue weighted by molar-refractivity contribution is 0.209. The van der Waals surface area contributed by atoms with E-state index in [4.69, 9.17) is 9.72 Å². The highest BCUT2D eigenvalue weighted by molar-refractivity contribution is 5.75. The molecule has 9 heteroatoms. The number of piperazine rings is 1. The molecule has 1 saturated heterocycles. The molecule has 0 bridgehead atoms. The van der Waals surface area contributed by atoms with Crippen LogP contribution in [-0.4, -0.2) is 74.0 Å². The van der Waals surface area contributed by atoms with E-state index in [2.05, 4.69) is 69.9 Å². The third-order valence-corrected chi connectivity index (χ3v) is 6.63. The number of hydrogen-bond donors (Lipinski definition) is 1. The minimum Gasteiger partial charge on any atom is -0.493 e. The second-order valence-electron chi connectivity index (χ2n) is 9.36. The first-order chi connectivity index (χ1) is 16.5. The van der Waals surface area contributed by atoms with Crippen molar-refractivity contribution in [3.8, 4) is 28.4 Å². The Balaban J connectivity index is 1.45. The van der Waals surface area contributed by atoms with Gasteiger partial charge in [0.05, 0.1) is 30.4 Å². The topological polar surface area (TPSA) is 87.5 Å². The third kappa shape index (κ3) is 4.00. The van der Waals surface area contributed by atoms with Gasteiger partial charge in [-0.25, -0.2) is 9.50 Å². The number of hydrogen-bond acceptors (Lipinski definition) is 7. The fourth-order valence-electron chi connectivity index (χ4n) is 4.72. The molecule has 9 nitrogen and oxygen atoms in total. The second kappa shape index (κ2) is 9.06. The van der Waals surface area contributed by atoms with Crippen LogP contribution in [0.3, 0.4) is 0 Å². The van der Waals surface area contributed by atoms with Crippen LogP contribution in [0, 0.1) is 0 Å². The summed E-state index contributed by atoms with van der Waals surface area (Å²) in [6.07, 6.45) is 5.45. The first-order valence-electron chi connectivity index (χ1n) is 11.9. The van der Waals surface area contributed by atoms with E-state index < -0.39 is 0 Å². The minimum absolute atomic E-state index is 0.242. The maximum atomic E-state index is 5.55. The Morgan fingerprint density at radius 2 is 1.82 bits per heavy atom. The number of nitrogens with one attached hydrogen (secondary N) is 1. The van der Waals surface area contributed by atoms with Crippen molar-refractivity contribution in [2.45, 2.75) is 39.7 Å². The van der Waals surface area contributed by atoms with E-state index in [0.717, 1.165) is 60.1 Å². The zero-order chi connectivity index (χ0) is 23.8. The predicted octanol–water partition coefficient (Wildman–Crippen LogP) is 3.84. The Morgan fingerprint density at radius 3 is 2.47 bits per heavy atom. The van der Waals surface area contributed by atoms with Gasteiger partial charge in [-0.3, -0.25) is 15.0 Å². The van der Waals surface area contributed by atoms with Gasteiger partial charge in [0.2, 0.25) is 0 Å². The number of aromatic nitrogens is 6. The number of nitrogens with zero attached hydrogens (tertiary/aromatic N) is 7. The Morgan fingerprint density at radius 1 is 1.03 bits per heavy atom. The van der Waals surface area contributed by atoms with E-state index >= 15 is 0 Å². The summed E-state index contributed by atoms with van der Waals surface area (Å²) in [6.45, 7) is 13.1. The molecule has 34 heavy (non-hydrogen) atoms. The van der Waals surface area contributed by atoms with E-state index in [1.807, 2.05) is 18.5 Å². The van der Waals surface area contributed by atoms with Crippen LogP contribution >= 0.6 is 0 Å². The first-order valence-corrected chi connectivity index (χ1v) is 11.9. The van der Waals surface area contributed by atoms with Crippen molar-refractivity contribution in [1.82, 2.24) is 34.7 Å². The van der Waals surface area contributed by atoms with Crippen molar-refractivity contribution >= 4 is 11.3 Å². The lowest BCUT2D eigenvalue weighted by Crippen LogP contribution is -2.48. The summed E-state index contributed by atoms with van der Waals surface area (Å²) in [7, 11) is 1.64. The Bertz CT molecular complexity index is 1270. The largest absolute Gasteiger partial charge is 0.493 e. The van der Waals surface area contributed by atoms with Gasteiger partial charge in [-0.15, -0.1) is 0 Å². The van der Waals surface area contributed by atoms with Crippen LogP contribution in [0.15, 0.2) is 36.9 Å². The van der Waals surface area contributed by atoms with Crippen LogP contribution in [0.1, 0.15) is 39.2 Å². The number of methoxy groups -OCH3 is 1. The molecule has 0 unspecified atom stereocenters. The zero-order valence-electron chi connectivity index (χ0n) is 20.5. The third-order valence-electron chi connectivity index (χ3n) is 6.63. The molecule has 4 aromatic heterocycles. The SMILES string of the molecule is COc1cc(-c2[nH]nc(-c3ccc(N4CCN(C(C)C)CC4)cn3)c2C(C)C)cn2ncnc12. The number of fused-ring (bicyclic) bond motifs is 1. The van der Waals surface area contributed by atoms with E-state index in [1.165, 1.54) is 6.33 Å². The first kappa shape index (κ1) is 22.3. The summed E-state index contributed by atoms with van der Waals surface area (Å²) in [4.78, 5) is 14.0. The molecular weight excluding hydrogens is 428 g/mol. The monoisotopic (exact) mass is 460 g/mol. The molecule has 0 spiro atoms. The molecule has 0 radical (unpaired) electrons. The summed E-state index contributed by atoms with van der Waals surface area (Å²) in [5, 5.41) is 12.2. The lowest BCUT2D eigenvalue weighted by Gasteiger charge is -2.38. The van der Waals surface area contributed by atoms with Crippen LogP contribution in [0.2, 0.25) is 0 Å². The van der Waals surface area contributed by atoms with Gasteiger partial charge in [0.15, 0.2) is 11.4 Å². The maximum absolute atomic E-state index is 5.55. The summed E-state index contributed by atoms with van der Waals surface area (Å²) in [5.74, 6) is 0.910. The average Bonchev–Trinajstić information content (AvgIpc) is 3.51. The van der Waals surface area contributed by atoms with Crippen LogP contribution in [-0.2, 0) is 0 Å². The van der Waals surface area contributed by atoms with Gasteiger partial charge in [0, 0.05) is 49.5 Å². The van der Waals surface area contributed by atoms with Gasteiger partial charge in [-0.05, 0) is 38.0 Å². The van der Waals surface area contributed by atoms with Crippen molar-refractivity contribution in [1.29, 1.82) is 0 Å². The van der Waals surface area contributed by atoms with Crippen LogP contribution in [0.5, 0.6) is 5.75 Å². The van der Waals surface area contributed by atoms with Crippen LogP contribution in [0.25, 0.3) is 28.3 Å². The van der Waals surface area contributed by atoms with E-state index in [-0.39, 0.29) is 5.92 Å². The highest BCUT2D eigenvalue weighted by Crippen LogP contribution is 2.36. The number of pyridine rings is 2. The Hall–Kier alpha value is -3.46. The van der Waals surface area contributed by atoms with Crippen molar-refractivity contribution in [2.75, 3.05) is 38.2 Å². The second-order valence-corrected chi connectivity index (χ2v) is 9.36.